The molecule has 1 aliphatic carbocycles. The van der Waals surface area contributed by atoms with Crippen LogP contribution in [0.5, 0.6) is 0 Å². The topological polar surface area (TPSA) is 57.6 Å². The van der Waals surface area contributed by atoms with Crippen molar-refractivity contribution in [2.75, 3.05) is 6.54 Å². The minimum absolute atomic E-state index is 0.0629. The number of fused-ring (bicyclic) bond motifs is 3. The monoisotopic (exact) mass is 355 g/mol. The molecule has 5 heteroatoms. The Kier molecular flexibility index (Phi) is 5.35. The van der Waals surface area contributed by atoms with Crippen molar-refractivity contribution in [3.8, 4) is 11.1 Å². The van der Waals surface area contributed by atoms with E-state index in [2.05, 4.69) is 0 Å². The first-order valence-electron chi connectivity index (χ1n) is 8.91. The Bertz CT molecular complexity index is 775. The Morgan fingerprint density at radius 2 is 1.62 bits per heavy atom. The molecule has 0 heterocycles. The van der Waals surface area contributed by atoms with E-state index in [4.69, 9.17) is 0 Å². The fourth-order valence-electron chi connectivity index (χ4n) is 3.78. The SMILES string of the molecule is CCCC[C@@H](C(=O)F)N(CC1c2ccccc2-c2ccccc21)C(=O)O. The molecule has 4 nitrogen and oxygen atoms in total. The fourth-order valence-corrected chi connectivity index (χ4v) is 3.78. The minimum Gasteiger partial charge on any atom is -0.465 e. The normalized spacial score (nSPS) is 13.8. The summed E-state index contributed by atoms with van der Waals surface area (Å²) in [7, 11) is 0. The summed E-state index contributed by atoms with van der Waals surface area (Å²) in [5, 5.41) is 9.66. The summed E-state index contributed by atoms with van der Waals surface area (Å²) in [6, 6.07) is 12.9. The van der Waals surface area contributed by atoms with E-state index in [-0.39, 0.29) is 18.9 Å². The second-order valence-corrected chi connectivity index (χ2v) is 6.62. The zero-order chi connectivity index (χ0) is 18.7. The molecule has 2 aromatic rings. The number of nitrogens with zero attached hydrogens (tertiary/aromatic N) is 1. The molecule has 0 saturated heterocycles. The van der Waals surface area contributed by atoms with Crippen LogP contribution in [-0.2, 0) is 4.79 Å². The van der Waals surface area contributed by atoms with Gasteiger partial charge in [0.1, 0.15) is 6.04 Å². The van der Waals surface area contributed by atoms with Gasteiger partial charge in [0.05, 0.1) is 0 Å². The van der Waals surface area contributed by atoms with Crippen LogP contribution in [0.2, 0.25) is 0 Å². The van der Waals surface area contributed by atoms with Crippen molar-refractivity contribution in [2.24, 2.45) is 0 Å². The van der Waals surface area contributed by atoms with Crippen LogP contribution < -0.4 is 0 Å². The molecule has 1 atom stereocenters. The van der Waals surface area contributed by atoms with Crippen LogP contribution >= 0.6 is 0 Å². The number of unbranched alkanes of at least 4 members (excludes halogenated alkanes) is 1. The third-order valence-corrected chi connectivity index (χ3v) is 5.06. The molecular formula is C21H22FNO3. The van der Waals surface area contributed by atoms with E-state index >= 15 is 0 Å². The molecule has 0 spiro atoms. The number of amides is 1. The highest BCUT2D eigenvalue weighted by Crippen LogP contribution is 2.45. The summed E-state index contributed by atoms with van der Waals surface area (Å²) in [6.07, 6.45) is 0.307. The predicted molar refractivity (Wildman–Crippen MR) is 97.9 cm³/mol. The Balaban J connectivity index is 1.97. The summed E-state index contributed by atoms with van der Waals surface area (Å²) in [5.41, 5.74) is 4.16. The average Bonchev–Trinajstić information content (AvgIpc) is 2.95. The van der Waals surface area contributed by atoms with Gasteiger partial charge in [0.15, 0.2) is 0 Å². The first kappa shape index (κ1) is 18.1. The van der Waals surface area contributed by atoms with Gasteiger partial charge in [0, 0.05) is 12.5 Å². The Labute approximate surface area is 152 Å². The van der Waals surface area contributed by atoms with E-state index in [0.717, 1.165) is 33.6 Å². The summed E-state index contributed by atoms with van der Waals surface area (Å²) < 4.78 is 13.6. The van der Waals surface area contributed by atoms with Gasteiger partial charge in [-0.15, -0.1) is 0 Å². The maximum Gasteiger partial charge on any atom is 0.408 e. The van der Waals surface area contributed by atoms with Crippen LogP contribution in [0.3, 0.4) is 0 Å². The van der Waals surface area contributed by atoms with Gasteiger partial charge in [-0.25, -0.2) is 4.79 Å². The molecule has 136 valence electrons. The Morgan fingerprint density at radius 1 is 1.08 bits per heavy atom. The quantitative estimate of drug-likeness (QED) is 0.724. The van der Waals surface area contributed by atoms with E-state index in [1.165, 1.54) is 0 Å². The maximum absolute atomic E-state index is 13.6. The number of carbonyl (C=O) groups excluding carboxylic acids is 1. The molecule has 26 heavy (non-hydrogen) atoms. The standard InChI is InChI=1S/C21H22FNO3/c1-2-3-12-19(20(22)24)23(21(25)26)13-18-16-10-6-4-8-14(16)15-9-5-7-11-17(15)18/h4-11,18-19H,2-3,12-13H2,1H3,(H,25,26)/t19-/m0/s1. The lowest BCUT2D eigenvalue weighted by atomic mass is 9.95. The molecular weight excluding hydrogens is 333 g/mol. The molecule has 0 fully saturated rings. The highest BCUT2D eigenvalue weighted by molar-refractivity contribution is 5.81. The number of benzene rings is 2. The van der Waals surface area contributed by atoms with Gasteiger partial charge in [-0.2, -0.15) is 4.39 Å². The van der Waals surface area contributed by atoms with Crippen molar-refractivity contribution in [1.82, 2.24) is 4.90 Å². The highest BCUT2D eigenvalue weighted by Gasteiger charge is 2.35. The summed E-state index contributed by atoms with van der Waals surface area (Å²) in [4.78, 5) is 24.3. The van der Waals surface area contributed by atoms with Crippen molar-refractivity contribution in [1.29, 1.82) is 0 Å². The van der Waals surface area contributed by atoms with Crippen molar-refractivity contribution in [2.45, 2.75) is 38.1 Å². The molecule has 0 unspecified atom stereocenters. The molecule has 1 N–H and O–H groups in total. The number of carbonyl (C=O) groups is 2. The third kappa shape index (κ3) is 3.34. The van der Waals surface area contributed by atoms with Crippen molar-refractivity contribution < 1.29 is 19.1 Å². The lowest BCUT2D eigenvalue weighted by Crippen LogP contribution is -2.45. The molecule has 0 aliphatic heterocycles. The fraction of sp³-hybridized carbons (Fsp3) is 0.333. The van der Waals surface area contributed by atoms with Crippen molar-refractivity contribution in [3.63, 3.8) is 0 Å². The first-order chi connectivity index (χ1) is 12.5. The van der Waals surface area contributed by atoms with Gasteiger partial charge >= 0.3 is 12.1 Å². The van der Waals surface area contributed by atoms with Gasteiger partial charge in [-0.1, -0.05) is 68.3 Å². The van der Waals surface area contributed by atoms with Gasteiger partial charge in [-0.05, 0) is 28.7 Å². The molecule has 1 amide bonds. The molecule has 0 aromatic heterocycles. The van der Waals surface area contributed by atoms with E-state index in [0.29, 0.717) is 6.42 Å². The van der Waals surface area contributed by atoms with Crippen LogP contribution in [0.4, 0.5) is 9.18 Å². The van der Waals surface area contributed by atoms with Gasteiger partial charge in [-0.3, -0.25) is 9.69 Å². The number of hydrogen-bond donors (Lipinski definition) is 1. The van der Waals surface area contributed by atoms with Gasteiger partial charge < -0.3 is 5.11 Å². The zero-order valence-electron chi connectivity index (χ0n) is 14.7. The summed E-state index contributed by atoms with van der Waals surface area (Å²) in [6.45, 7) is 1.99. The highest BCUT2D eigenvalue weighted by atomic mass is 19.1. The number of hydrogen-bond acceptors (Lipinski definition) is 2. The number of rotatable bonds is 7. The molecule has 2 aromatic carbocycles. The lowest BCUT2D eigenvalue weighted by Gasteiger charge is -2.29. The molecule has 0 bridgehead atoms. The Morgan fingerprint density at radius 3 is 2.08 bits per heavy atom. The number of halogens is 1. The molecule has 0 saturated carbocycles. The predicted octanol–water partition coefficient (Wildman–Crippen LogP) is 4.83. The third-order valence-electron chi connectivity index (χ3n) is 5.06. The molecule has 1 aliphatic rings. The van der Waals surface area contributed by atoms with E-state index in [1.807, 2.05) is 55.5 Å². The van der Waals surface area contributed by atoms with Gasteiger partial charge in [0.25, 0.3) is 0 Å². The van der Waals surface area contributed by atoms with Crippen LogP contribution in [0.1, 0.15) is 43.2 Å². The van der Waals surface area contributed by atoms with Crippen molar-refractivity contribution >= 4 is 12.1 Å². The second-order valence-electron chi connectivity index (χ2n) is 6.62. The Hall–Kier alpha value is -2.69. The largest absolute Gasteiger partial charge is 0.465 e. The lowest BCUT2D eigenvalue weighted by molar-refractivity contribution is -0.134. The van der Waals surface area contributed by atoms with E-state index in [1.54, 1.807) is 0 Å². The number of carboxylic acid groups (broad SMARTS) is 1. The molecule has 3 rings (SSSR count). The van der Waals surface area contributed by atoms with E-state index < -0.39 is 18.2 Å². The zero-order valence-corrected chi connectivity index (χ0v) is 14.7. The first-order valence-corrected chi connectivity index (χ1v) is 8.91. The summed E-state index contributed by atoms with van der Waals surface area (Å²) >= 11 is 0. The maximum atomic E-state index is 13.6. The smallest absolute Gasteiger partial charge is 0.408 e. The van der Waals surface area contributed by atoms with Crippen LogP contribution in [-0.4, -0.2) is 34.7 Å². The average molecular weight is 355 g/mol. The van der Waals surface area contributed by atoms with Crippen molar-refractivity contribution in [3.05, 3.63) is 59.7 Å². The van der Waals surface area contributed by atoms with Crippen LogP contribution in [0.25, 0.3) is 11.1 Å². The van der Waals surface area contributed by atoms with Crippen LogP contribution in [0, 0.1) is 0 Å². The molecule has 0 radical (unpaired) electrons. The minimum atomic E-state index is -1.58. The van der Waals surface area contributed by atoms with E-state index in [9.17, 15) is 19.1 Å². The second kappa shape index (κ2) is 7.68. The van der Waals surface area contributed by atoms with Crippen LogP contribution in [0.15, 0.2) is 48.5 Å². The van der Waals surface area contributed by atoms with Gasteiger partial charge in [0.2, 0.25) is 0 Å². The summed E-state index contributed by atoms with van der Waals surface area (Å²) in [5.74, 6) is -0.207.